The van der Waals surface area contributed by atoms with E-state index >= 15 is 0 Å². The summed E-state index contributed by atoms with van der Waals surface area (Å²) in [6.07, 6.45) is 2.15. The fourth-order valence-corrected chi connectivity index (χ4v) is 2.11. The molecule has 1 aromatic carbocycles. The van der Waals surface area contributed by atoms with Crippen molar-refractivity contribution in [2.24, 2.45) is 5.92 Å². The van der Waals surface area contributed by atoms with Crippen LogP contribution in [0.15, 0.2) is 18.2 Å². The van der Waals surface area contributed by atoms with Gasteiger partial charge in [0.15, 0.2) is 0 Å². The molecule has 1 N–H and O–H groups in total. The van der Waals surface area contributed by atoms with Crippen LogP contribution in [0, 0.1) is 5.92 Å². The maximum absolute atomic E-state index is 6.03. The Labute approximate surface area is 115 Å². The van der Waals surface area contributed by atoms with E-state index in [4.69, 9.17) is 23.2 Å². The van der Waals surface area contributed by atoms with Crippen molar-refractivity contribution in [1.29, 1.82) is 0 Å². The summed E-state index contributed by atoms with van der Waals surface area (Å²) in [6, 6.07) is 6.38. The first-order valence-electron chi connectivity index (χ1n) is 6.22. The summed E-state index contributed by atoms with van der Waals surface area (Å²) in [4.78, 5) is 0. The van der Waals surface area contributed by atoms with Crippen molar-refractivity contribution in [2.75, 3.05) is 6.54 Å². The van der Waals surface area contributed by atoms with Crippen LogP contribution >= 0.6 is 23.2 Å². The lowest BCUT2D eigenvalue weighted by Crippen LogP contribution is -2.36. The van der Waals surface area contributed by atoms with Gasteiger partial charge >= 0.3 is 0 Å². The van der Waals surface area contributed by atoms with Crippen molar-refractivity contribution in [2.45, 2.75) is 39.7 Å². The van der Waals surface area contributed by atoms with E-state index in [1.807, 2.05) is 12.1 Å². The van der Waals surface area contributed by atoms with E-state index < -0.39 is 0 Å². The maximum Gasteiger partial charge on any atom is 0.0595 e. The molecule has 0 heterocycles. The normalized spacial score (nSPS) is 13.1. The number of benzene rings is 1. The van der Waals surface area contributed by atoms with Gasteiger partial charge in [0, 0.05) is 6.04 Å². The third-order valence-corrected chi connectivity index (χ3v) is 3.64. The van der Waals surface area contributed by atoms with Crippen molar-refractivity contribution in [3.05, 3.63) is 33.8 Å². The van der Waals surface area contributed by atoms with Crippen LogP contribution in [0.1, 0.15) is 32.8 Å². The second-order valence-corrected chi connectivity index (χ2v) is 5.57. The number of hydrogen-bond acceptors (Lipinski definition) is 1. The number of hydrogen-bond donors (Lipinski definition) is 1. The summed E-state index contributed by atoms with van der Waals surface area (Å²) in [5.41, 5.74) is 1.24. The molecule has 3 heteroatoms. The first-order valence-corrected chi connectivity index (χ1v) is 6.97. The largest absolute Gasteiger partial charge is 0.313 e. The molecular weight excluding hydrogens is 253 g/mol. The van der Waals surface area contributed by atoms with Crippen LogP contribution in [0.4, 0.5) is 0 Å². The minimum atomic E-state index is 0.493. The third kappa shape index (κ3) is 4.87. The molecule has 1 nitrogen and oxygen atoms in total. The van der Waals surface area contributed by atoms with Gasteiger partial charge in [-0.3, -0.25) is 0 Å². The Bertz CT molecular complexity index is 350. The Morgan fingerprint density at radius 2 is 1.88 bits per heavy atom. The Hall–Kier alpha value is -0.240. The molecule has 0 aliphatic rings. The van der Waals surface area contributed by atoms with Gasteiger partial charge in [0.1, 0.15) is 0 Å². The lowest BCUT2D eigenvalue weighted by molar-refractivity contribution is 0.397. The van der Waals surface area contributed by atoms with Gasteiger partial charge in [0.2, 0.25) is 0 Å². The average molecular weight is 274 g/mol. The van der Waals surface area contributed by atoms with Crippen molar-refractivity contribution >= 4 is 23.2 Å². The smallest absolute Gasteiger partial charge is 0.0595 e. The molecule has 1 atom stereocenters. The molecule has 0 saturated carbocycles. The zero-order chi connectivity index (χ0) is 12.8. The van der Waals surface area contributed by atoms with Crippen molar-refractivity contribution in [3.8, 4) is 0 Å². The molecule has 96 valence electrons. The highest BCUT2D eigenvalue weighted by Gasteiger charge is 2.13. The van der Waals surface area contributed by atoms with Gasteiger partial charge in [0.05, 0.1) is 10.0 Å². The highest BCUT2D eigenvalue weighted by Crippen LogP contribution is 2.23. The van der Waals surface area contributed by atoms with Crippen molar-refractivity contribution < 1.29 is 0 Å². The predicted octanol–water partition coefficient (Wildman–Crippen LogP) is 4.56. The lowest BCUT2D eigenvalue weighted by Gasteiger charge is -2.22. The van der Waals surface area contributed by atoms with Crippen LogP contribution in [0.5, 0.6) is 0 Å². The second kappa shape index (κ2) is 7.25. The molecule has 0 saturated heterocycles. The molecule has 0 aliphatic carbocycles. The van der Waals surface area contributed by atoms with Crippen molar-refractivity contribution in [1.82, 2.24) is 5.32 Å². The summed E-state index contributed by atoms with van der Waals surface area (Å²) >= 11 is 11.9. The number of halogens is 2. The van der Waals surface area contributed by atoms with E-state index in [1.54, 1.807) is 0 Å². The molecule has 0 fully saturated rings. The summed E-state index contributed by atoms with van der Waals surface area (Å²) in [5.74, 6) is 0.607. The van der Waals surface area contributed by atoms with Crippen LogP contribution in [0.3, 0.4) is 0 Å². The van der Waals surface area contributed by atoms with E-state index in [1.165, 1.54) is 5.56 Å². The van der Waals surface area contributed by atoms with Gasteiger partial charge in [-0.15, -0.1) is 0 Å². The van der Waals surface area contributed by atoms with Gasteiger partial charge in [0.25, 0.3) is 0 Å². The SMILES string of the molecule is CCCNC(Cc1ccc(Cl)c(Cl)c1)C(C)C. The number of rotatable bonds is 6. The van der Waals surface area contributed by atoms with E-state index in [0.29, 0.717) is 22.0 Å². The van der Waals surface area contributed by atoms with E-state index in [9.17, 15) is 0 Å². The Kier molecular flexibility index (Phi) is 6.32. The van der Waals surface area contributed by atoms with Gasteiger partial charge in [-0.1, -0.05) is 50.0 Å². The highest BCUT2D eigenvalue weighted by molar-refractivity contribution is 6.42. The van der Waals surface area contributed by atoms with E-state index in [0.717, 1.165) is 19.4 Å². The topological polar surface area (TPSA) is 12.0 Å². The first kappa shape index (κ1) is 14.8. The molecule has 0 amide bonds. The highest BCUT2D eigenvalue weighted by atomic mass is 35.5. The van der Waals surface area contributed by atoms with Gasteiger partial charge < -0.3 is 5.32 Å². The molecule has 0 radical (unpaired) electrons. The second-order valence-electron chi connectivity index (χ2n) is 4.76. The standard InChI is InChI=1S/C14H21Cl2N/c1-4-7-17-14(10(2)3)9-11-5-6-12(15)13(16)8-11/h5-6,8,10,14,17H,4,7,9H2,1-3H3. The predicted molar refractivity (Wildman–Crippen MR) is 77.1 cm³/mol. The average Bonchev–Trinajstić information content (AvgIpc) is 2.28. The zero-order valence-corrected chi connectivity index (χ0v) is 12.3. The van der Waals surface area contributed by atoms with Gasteiger partial charge in [-0.2, -0.15) is 0 Å². The molecule has 0 aliphatic heterocycles. The zero-order valence-electron chi connectivity index (χ0n) is 10.8. The van der Waals surface area contributed by atoms with Crippen molar-refractivity contribution in [3.63, 3.8) is 0 Å². The molecule has 0 bridgehead atoms. The Morgan fingerprint density at radius 3 is 2.41 bits per heavy atom. The van der Waals surface area contributed by atoms with E-state index in [-0.39, 0.29) is 0 Å². The third-order valence-electron chi connectivity index (χ3n) is 2.90. The monoisotopic (exact) mass is 273 g/mol. The van der Waals surface area contributed by atoms with Crippen LogP contribution in [-0.2, 0) is 6.42 Å². The quantitative estimate of drug-likeness (QED) is 0.801. The fourth-order valence-electron chi connectivity index (χ4n) is 1.79. The van der Waals surface area contributed by atoms with Crippen LogP contribution < -0.4 is 5.32 Å². The minimum Gasteiger partial charge on any atom is -0.313 e. The van der Waals surface area contributed by atoms with Gasteiger partial charge in [-0.05, 0) is 43.0 Å². The molecular formula is C14H21Cl2N. The molecule has 1 aromatic rings. The molecule has 1 rings (SSSR count). The van der Waals surface area contributed by atoms with E-state index in [2.05, 4.69) is 32.2 Å². The number of nitrogens with one attached hydrogen (secondary N) is 1. The first-order chi connectivity index (χ1) is 8.04. The summed E-state index contributed by atoms with van der Waals surface area (Å²) in [5, 5.41) is 4.84. The maximum atomic E-state index is 6.03. The Morgan fingerprint density at radius 1 is 1.18 bits per heavy atom. The Balaban J connectivity index is 2.68. The van der Waals surface area contributed by atoms with Crippen LogP contribution in [0.25, 0.3) is 0 Å². The summed E-state index contributed by atoms with van der Waals surface area (Å²) in [7, 11) is 0. The minimum absolute atomic E-state index is 0.493. The molecule has 17 heavy (non-hydrogen) atoms. The molecule has 0 aromatic heterocycles. The lowest BCUT2D eigenvalue weighted by atomic mass is 9.96. The van der Waals surface area contributed by atoms with Gasteiger partial charge in [-0.25, -0.2) is 0 Å². The van der Waals surface area contributed by atoms with Crippen LogP contribution in [-0.4, -0.2) is 12.6 Å². The summed E-state index contributed by atoms with van der Waals surface area (Å²) in [6.45, 7) is 7.73. The molecule has 1 unspecified atom stereocenters. The van der Waals surface area contributed by atoms with Crippen LogP contribution in [0.2, 0.25) is 10.0 Å². The summed E-state index contributed by atoms with van der Waals surface area (Å²) < 4.78 is 0. The fraction of sp³-hybridized carbons (Fsp3) is 0.571. The molecule has 0 spiro atoms.